The smallest absolute Gasteiger partial charge is 0.345 e. The number of sulfonamides is 1. The molecule has 0 aliphatic heterocycles. The highest BCUT2D eigenvalue weighted by Crippen LogP contribution is 2.26. The van der Waals surface area contributed by atoms with Crippen LogP contribution in [-0.4, -0.2) is 19.5 Å². The molecule has 0 amide bonds. The number of hydrogen-bond donors (Lipinski definition) is 2. The lowest BCUT2D eigenvalue weighted by atomic mass is 10.2. The number of nitrogens with one attached hydrogen (secondary N) is 1. The van der Waals surface area contributed by atoms with Crippen LogP contribution in [0, 0.1) is 13.8 Å². The third-order valence-electron chi connectivity index (χ3n) is 2.67. The van der Waals surface area contributed by atoms with Crippen molar-refractivity contribution in [2.45, 2.75) is 18.7 Å². The molecule has 0 bridgehead atoms. The number of thiophene rings is 1. The van der Waals surface area contributed by atoms with E-state index in [-0.39, 0.29) is 14.8 Å². The Kier molecular flexibility index (Phi) is 3.82. The van der Waals surface area contributed by atoms with Crippen LogP contribution in [0.15, 0.2) is 35.2 Å². The number of hydrogen-bond acceptors (Lipinski definition) is 4. The number of carbonyl (C=O) groups is 1. The van der Waals surface area contributed by atoms with E-state index in [9.17, 15) is 13.2 Å². The molecule has 5 nitrogen and oxygen atoms in total. The lowest BCUT2D eigenvalue weighted by Gasteiger charge is -2.09. The third-order valence-corrected chi connectivity index (χ3v) is 5.32. The Morgan fingerprint density at radius 2 is 1.90 bits per heavy atom. The van der Waals surface area contributed by atoms with Crippen molar-refractivity contribution >= 4 is 32.3 Å². The van der Waals surface area contributed by atoms with Crippen molar-refractivity contribution in [1.82, 2.24) is 0 Å². The summed E-state index contributed by atoms with van der Waals surface area (Å²) < 4.78 is 26.9. The van der Waals surface area contributed by atoms with Crippen LogP contribution in [0.3, 0.4) is 0 Å². The number of anilines is 1. The fraction of sp³-hybridized carbons (Fsp3) is 0.154. The summed E-state index contributed by atoms with van der Waals surface area (Å²) in [6, 6.07) is 7.85. The number of carboxylic acids is 1. The third kappa shape index (κ3) is 3.00. The van der Waals surface area contributed by atoms with Crippen molar-refractivity contribution in [3.63, 3.8) is 0 Å². The van der Waals surface area contributed by atoms with Crippen LogP contribution in [0.25, 0.3) is 0 Å². The Morgan fingerprint density at radius 1 is 1.20 bits per heavy atom. The molecule has 0 radical (unpaired) electrons. The number of rotatable bonds is 4. The molecule has 1 heterocycles. The molecular formula is C13H13NO4S2. The number of benzene rings is 1. The first-order chi connectivity index (χ1) is 9.29. The van der Waals surface area contributed by atoms with Crippen molar-refractivity contribution in [3.8, 4) is 0 Å². The lowest BCUT2D eigenvalue weighted by Crippen LogP contribution is -2.13. The normalized spacial score (nSPS) is 11.3. The number of aromatic carboxylic acids is 1. The van der Waals surface area contributed by atoms with Gasteiger partial charge in [-0.05, 0) is 37.6 Å². The highest BCUT2D eigenvalue weighted by atomic mass is 32.2. The Bertz CT molecular complexity index is 762. The molecule has 0 unspecified atom stereocenters. The van der Waals surface area contributed by atoms with Gasteiger partial charge >= 0.3 is 5.97 Å². The Labute approximate surface area is 120 Å². The van der Waals surface area contributed by atoms with E-state index in [0.717, 1.165) is 16.9 Å². The largest absolute Gasteiger partial charge is 0.477 e. The van der Waals surface area contributed by atoms with Crippen molar-refractivity contribution in [1.29, 1.82) is 0 Å². The summed E-state index contributed by atoms with van der Waals surface area (Å²) in [6.07, 6.45) is 0. The second-order valence-electron chi connectivity index (χ2n) is 4.34. The van der Waals surface area contributed by atoms with Gasteiger partial charge in [0.2, 0.25) is 0 Å². The molecule has 0 fully saturated rings. The van der Waals surface area contributed by atoms with E-state index in [0.29, 0.717) is 5.56 Å². The van der Waals surface area contributed by atoms with E-state index in [4.69, 9.17) is 5.11 Å². The molecule has 0 atom stereocenters. The molecule has 1 aromatic heterocycles. The van der Waals surface area contributed by atoms with Crippen molar-refractivity contribution in [2.24, 2.45) is 0 Å². The highest BCUT2D eigenvalue weighted by Gasteiger charge is 2.18. The maximum Gasteiger partial charge on any atom is 0.345 e. The van der Waals surface area contributed by atoms with E-state index in [1.165, 1.54) is 12.1 Å². The maximum absolute atomic E-state index is 12.3. The molecule has 0 saturated carbocycles. The Hall–Kier alpha value is -1.86. The average Bonchev–Trinajstić information content (AvgIpc) is 2.76. The standard InChI is InChI=1S/C13H13NO4S2/c1-8-3-5-11(9(2)7-8)20(17,18)14-12-6-4-10(19-12)13(15)16/h3-7,14H,1-2H3,(H,15,16). The molecule has 20 heavy (non-hydrogen) atoms. The van der Waals surface area contributed by atoms with Crippen LogP contribution >= 0.6 is 11.3 Å². The van der Waals surface area contributed by atoms with Gasteiger partial charge in [-0.3, -0.25) is 4.72 Å². The predicted molar refractivity (Wildman–Crippen MR) is 78.0 cm³/mol. The Morgan fingerprint density at radius 3 is 2.45 bits per heavy atom. The van der Waals surface area contributed by atoms with Crippen molar-refractivity contribution in [3.05, 3.63) is 46.3 Å². The van der Waals surface area contributed by atoms with Crippen LogP contribution in [0.4, 0.5) is 5.00 Å². The molecule has 0 spiro atoms. The zero-order chi connectivity index (χ0) is 14.9. The van der Waals surface area contributed by atoms with E-state index < -0.39 is 16.0 Å². The molecule has 2 rings (SSSR count). The summed E-state index contributed by atoms with van der Waals surface area (Å²) >= 11 is 0.882. The summed E-state index contributed by atoms with van der Waals surface area (Å²) in [4.78, 5) is 11.0. The average molecular weight is 311 g/mol. The quantitative estimate of drug-likeness (QED) is 0.909. The topological polar surface area (TPSA) is 83.5 Å². The van der Waals surface area contributed by atoms with Gasteiger partial charge in [0.05, 0.1) is 4.90 Å². The van der Waals surface area contributed by atoms with E-state index >= 15 is 0 Å². The lowest BCUT2D eigenvalue weighted by molar-refractivity contribution is 0.0702. The molecule has 0 aliphatic carbocycles. The molecule has 0 aliphatic rings. The Balaban J connectivity index is 2.33. The second-order valence-corrected chi connectivity index (χ2v) is 7.08. The van der Waals surface area contributed by atoms with Crippen LogP contribution < -0.4 is 4.72 Å². The minimum atomic E-state index is -3.71. The van der Waals surface area contributed by atoms with Gasteiger partial charge in [0.15, 0.2) is 0 Å². The van der Waals surface area contributed by atoms with Gasteiger partial charge in [-0.25, -0.2) is 13.2 Å². The van der Waals surface area contributed by atoms with Gasteiger partial charge in [0.1, 0.15) is 9.88 Å². The van der Waals surface area contributed by atoms with Crippen LogP contribution in [-0.2, 0) is 10.0 Å². The zero-order valence-electron chi connectivity index (χ0n) is 10.9. The molecular weight excluding hydrogens is 298 g/mol. The molecule has 0 saturated heterocycles. The van der Waals surface area contributed by atoms with Gasteiger partial charge < -0.3 is 5.11 Å². The van der Waals surface area contributed by atoms with Crippen LogP contribution in [0.1, 0.15) is 20.8 Å². The van der Waals surface area contributed by atoms with E-state index in [1.54, 1.807) is 25.1 Å². The molecule has 1 aromatic carbocycles. The van der Waals surface area contributed by atoms with Crippen molar-refractivity contribution < 1.29 is 18.3 Å². The number of aryl methyl sites for hydroxylation is 2. The summed E-state index contributed by atoms with van der Waals surface area (Å²) in [5.41, 5.74) is 1.62. The number of carboxylic acid groups (broad SMARTS) is 1. The van der Waals surface area contributed by atoms with Gasteiger partial charge in [0.25, 0.3) is 10.0 Å². The van der Waals surface area contributed by atoms with Gasteiger partial charge in [-0.2, -0.15) is 0 Å². The molecule has 2 N–H and O–H groups in total. The zero-order valence-corrected chi connectivity index (χ0v) is 12.5. The van der Waals surface area contributed by atoms with Gasteiger partial charge in [-0.15, -0.1) is 11.3 Å². The summed E-state index contributed by atoms with van der Waals surface area (Å²) in [5.74, 6) is -1.08. The van der Waals surface area contributed by atoms with E-state index in [2.05, 4.69) is 4.72 Å². The van der Waals surface area contributed by atoms with Crippen LogP contribution in [0.5, 0.6) is 0 Å². The fourth-order valence-corrected chi connectivity index (χ4v) is 4.06. The van der Waals surface area contributed by atoms with E-state index in [1.807, 2.05) is 6.92 Å². The predicted octanol–water partition coefficient (Wildman–Crippen LogP) is 2.86. The fourth-order valence-electron chi connectivity index (χ4n) is 1.80. The molecule has 106 valence electrons. The van der Waals surface area contributed by atoms with Gasteiger partial charge in [0, 0.05) is 0 Å². The first-order valence-electron chi connectivity index (χ1n) is 5.73. The SMILES string of the molecule is Cc1ccc(S(=O)(=O)Nc2ccc(C(=O)O)s2)c(C)c1. The summed E-state index contributed by atoms with van der Waals surface area (Å²) in [7, 11) is -3.71. The first-order valence-corrected chi connectivity index (χ1v) is 8.03. The molecule has 7 heteroatoms. The molecule has 2 aromatic rings. The highest BCUT2D eigenvalue weighted by molar-refractivity contribution is 7.93. The monoisotopic (exact) mass is 311 g/mol. The minimum Gasteiger partial charge on any atom is -0.477 e. The second kappa shape index (κ2) is 5.26. The maximum atomic E-state index is 12.3. The summed E-state index contributed by atoms with van der Waals surface area (Å²) in [6.45, 7) is 3.61. The van der Waals surface area contributed by atoms with Gasteiger partial charge in [-0.1, -0.05) is 17.7 Å². The summed E-state index contributed by atoms with van der Waals surface area (Å²) in [5, 5.41) is 9.10. The minimum absolute atomic E-state index is 0.0864. The van der Waals surface area contributed by atoms with Crippen molar-refractivity contribution in [2.75, 3.05) is 4.72 Å². The van der Waals surface area contributed by atoms with Crippen LogP contribution in [0.2, 0.25) is 0 Å². The first kappa shape index (κ1) is 14.5.